The number of alkyl halides is 3. The van der Waals surface area contributed by atoms with Gasteiger partial charge in [0.05, 0.1) is 17.9 Å². The van der Waals surface area contributed by atoms with Crippen LogP contribution in [0.2, 0.25) is 0 Å². The first-order chi connectivity index (χ1) is 14.1. The van der Waals surface area contributed by atoms with E-state index in [1.807, 2.05) is 0 Å². The first kappa shape index (κ1) is 23.0. The zero-order valence-electron chi connectivity index (χ0n) is 15.4. The van der Waals surface area contributed by atoms with E-state index in [4.69, 9.17) is 0 Å². The highest BCUT2D eigenvalue weighted by molar-refractivity contribution is 7.99. The number of hydrogen-bond acceptors (Lipinski definition) is 6. The van der Waals surface area contributed by atoms with Gasteiger partial charge in [-0.15, -0.1) is 19.8 Å². The predicted molar refractivity (Wildman–Crippen MR) is 104 cm³/mol. The van der Waals surface area contributed by atoms with Crippen LogP contribution in [-0.2, 0) is 16.0 Å². The van der Waals surface area contributed by atoms with Crippen LogP contribution in [0.15, 0.2) is 52.9 Å². The first-order valence-corrected chi connectivity index (χ1v) is 9.39. The normalized spacial score (nSPS) is 10.9. The summed E-state index contributed by atoms with van der Waals surface area (Å²) in [6.45, 7) is 3.76. The molecule has 0 fully saturated rings. The van der Waals surface area contributed by atoms with Crippen LogP contribution in [0.5, 0.6) is 5.75 Å². The summed E-state index contributed by atoms with van der Waals surface area (Å²) in [5, 5.41) is 5.21. The minimum atomic E-state index is -4.80. The number of anilines is 1. The Morgan fingerprint density at radius 1 is 1.23 bits per heavy atom. The summed E-state index contributed by atoms with van der Waals surface area (Å²) in [5.41, 5.74) is 0.0346. The number of aromatic nitrogens is 2. The molecule has 8 nitrogen and oxygen atoms in total. The van der Waals surface area contributed by atoms with Gasteiger partial charge in [-0.3, -0.25) is 14.4 Å². The second kappa shape index (κ2) is 10.5. The second-order valence-corrected chi connectivity index (χ2v) is 6.68. The van der Waals surface area contributed by atoms with Gasteiger partial charge in [-0.1, -0.05) is 17.8 Å². The Hall–Kier alpha value is -3.28. The highest BCUT2D eigenvalue weighted by atomic mass is 32.2. The highest BCUT2D eigenvalue weighted by Gasteiger charge is 2.30. The smallest absolute Gasteiger partial charge is 0.406 e. The fourth-order valence-corrected chi connectivity index (χ4v) is 2.82. The Labute approximate surface area is 172 Å². The molecule has 160 valence electrons. The third-order valence-electron chi connectivity index (χ3n) is 3.27. The average molecular weight is 442 g/mol. The van der Waals surface area contributed by atoms with Crippen molar-refractivity contribution in [3.8, 4) is 5.75 Å². The molecule has 2 amide bonds. The largest absolute Gasteiger partial charge is 0.573 e. The number of H-pyrrole nitrogens is 1. The maximum absolute atomic E-state index is 12.1. The van der Waals surface area contributed by atoms with Gasteiger partial charge < -0.3 is 20.4 Å². The average Bonchev–Trinajstić information content (AvgIpc) is 2.65. The molecule has 0 saturated heterocycles. The number of carbonyl (C=O) groups is 2. The van der Waals surface area contributed by atoms with Gasteiger partial charge in [0.15, 0.2) is 5.16 Å². The minimum absolute atomic E-state index is 0.107. The number of halogens is 3. The van der Waals surface area contributed by atoms with Crippen molar-refractivity contribution in [2.45, 2.75) is 17.9 Å². The van der Waals surface area contributed by atoms with Gasteiger partial charge in [0.2, 0.25) is 11.8 Å². The molecule has 1 aromatic heterocycles. The molecule has 0 saturated carbocycles. The number of nitrogens with zero attached hydrogens (tertiary/aromatic N) is 1. The zero-order valence-corrected chi connectivity index (χ0v) is 16.2. The quantitative estimate of drug-likeness (QED) is 0.312. The number of rotatable bonds is 9. The summed E-state index contributed by atoms with van der Waals surface area (Å²) in [5.74, 6) is -1.35. The van der Waals surface area contributed by atoms with E-state index < -0.39 is 23.6 Å². The number of ether oxygens (including phenoxy) is 1. The third kappa shape index (κ3) is 8.39. The van der Waals surface area contributed by atoms with E-state index in [0.717, 1.165) is 23.9 Å². The fourth-order valence-electron chi connectivity index (χ4n) is 2.13. The summed E-state index contributed by atoms with van der Waals surface area (Å²) >= 11 is 0.932. The maximum atomic E-state index is 12.1. The van der Waals surface area contributed by atoms with Crippen molar-refractivity contribution in [3.05, 3.63) is 59.0 Å². The lowest BCUT2D eigenvalue weighted by molar-refractivity contribution is -0.274. The molecule has 2 rings (SSSR count). The van der Waals surface area contributed by atoms with E-state index in [1.54, 1.807) is 0 Å². The van der Waals surface area contributed by atoms with Gasteiger partial charge in [-0.05, 0) is 24.3 Å². The molecule has 12 heteroatoms. The number of carbonyl (C=O) groups excluding carboxylic acids is 2. The molecule has 0 unspecified atom stereocenters. The number of aromatic amines is 1. The van der Waals surface area contributed by atoms with Crippen LogP contribution in [0.4, 0.5) is 18.9 Å². The number of benzene rings is 1. The van der Waals surface area contributed by atoms with Gasteiger partial charge in [0, 0.05) is 18.3 Å². The van der Waals surface area contributed by atoms with Gasteiger partial charge in [-0.25, -0.2) is 4.98 Å². The monoisotopic (exact) mass is 442 g/mol. The number of thioether (sulfide) groups is 1. The summed E-state index contributed by atoms with van der Waals surface area (Å²) < 4.78 is 40.2. The van der Waals surface area contributed by atoms with Crippen molar-refractivity contribution in [2.75, 3.05) is 17.6 Å². The molecule has 0 aliphatic heterocycles. The van der Waals surface area contributed by atoms with E-state index in [9.17, 15) is 27.6 Å². The van der Waals surface area contributed by atoms with E-state index in [0.29, 0.717) is 0 Å². The Morgan fingerprint density at radius 2 is 1.93 bits per heavy atom. The van der Waals surface area contributed by atoms with Crippen molar-refractivity contribution < 1.29 is 27.5 Å². The molecule has 30 heavy (non-hydrogen) atoms. The summed E-state index contributed by atoms with van der Waals surface area (Å²) in [6, 6.07) is 5.83. The van der Waals surface area contributed by atoms with Crippen LogP contribution in [-0.4, -0.2) is 40.4 Å². The van der Waals surface area contributed by atoms with E-state index in [-0.39, 0.29) is 41.2 Å². The van der Waals surface area contributed by atoms with Gasteiger partial charge in [-0.2, -0.15) is 0 Å². The van der Waals surface area contributed by atoms with Crippen molar-refractivity contribution in [3.63, 3.8) is 0 Å². The first-order valence-electron chi connectivity index (χ1n) is 8.41. The lowest BCUT2D eigenvalue weighted by Crippen LogP contribution is -2.26. The maximum Gasteiger partial charge on any atom is 0.573 e. The van der Waals surface area contributed by atoms with Crippen LogP contribution >= 0.6 is 11.8 Å². The summed E-state index contributed by atoms with van der Waals surface area (Å²) in [6.07, 6.45) is -3.39. The van der Waals surface area contributed by atoms with Crippen LogP contribution in [0.25, 0.3) is 0 Å². The Bertz CT molecular complexity index is 961. The number of nitrogens with one attached hydrogen (secondary N) is 3. The number of amides is 2. The molecule has 2 aromatic rings. The Kier molecular flexibility index (Phi) is 8.04. The molecule has 1 aromatic carbocycles. The minimum Gasteiger partial charge on any atom is -0.406 e. The second-order valence-electron chi connectivity index (χ2n) is 5.72. The highest BCUT2D eigenvalue weighted by Crippen LogP contribution is 2.24. The van der Waals surface area contributed by atoms with Crippen LogP contribution in [0, 0.1) is 0 Å². The number of hydrogen-bond donors (Lipinski definition) is 3. The van der Waals surface area contributed by atoms with Crippen molar-refractivity contribution in [1.29, 1.82) is 0 Å². The Balaban J connectivity index is 1.90. The van der Waals surface area contributed by atoms with E-state index >= 15 is 0 Å². The zero-order chi connectivity index (χ0) is 22.1. The van der Waals surface area contributed by atoms with Gasteiger partial charge in [0.25, 0.3) is 5.56 Å². The van der Waals surface area contributed by atoms with Crippen LogP contribution in [0.3, 0.4) is 0 Å². The molecule has 0 bridgehead atoms. The lowest BCUT2D eigenvalue weighted by Gasteiger charge is -2.10. The lowest BCUT2D eigenvalue weighted by atomic mass is 10.3. The molecule has 3 N–H and O–H groups in total. The topological polar surface area (TPSA) is 113 Å². The predicted octanol–water partition coefficient (Wildman–Crippen LogP) is 2.24. The van der Waals surface area contributed by atoms with Crippen molar-refractivity contribution in [2.24, 2.45) is 0 Å². The molecule has 0 aliphatic carbocycles. The molecular formula is C18H17F3N4O4S. The molecule has 0 spiro atoms. The molecule has 0 radical (unpaired) electrons. The molecular weight excluding hydrogens is 425 g/mol. The van der Waals surface area contributed by atoms with Gasteiger partial charge in [0.1, 0.15) is 5.75 Å². The van der Waals surface area contributed by atoms with E-state index in [2.05, 4.69) is 31.9 Å². The standard InChI is InChI=1S/C18H17F3N4O4S/c1-2-7-22-14(26)8-12-9-15(27)25-17(24-12)30-10-16(28)23-11-3-5-13(6-4-11)29-18(19,20)21/h2-6,9H,1,7-8,10H2,(H,22,26)(H,23,28)(H,24,25,27). The van der Waals surface area contributed by atoms with Crippen molar-refractivity contribution >= 4 is 29.3 Å². The summed E-state index contributed by atoms with van der Waals surface area (Å²) in [7, 11) is 0. The van der Waals surface area contributed by atoms with Gasteiger partial charge >= 0.3 is 6.36 Å². The fraction of sp³-hybridized carbons (Fsp3) is 0.222. The Morgan fingerprint density at radius 3 is 2.57 bits per heavy atom. The molecule has 1 heterocycles. The van der Waals surface area contributed by atoms with Crippen molar-refractivity contribution in [1.82, 2.24) is 15.3 Å². The third-order valence-corrected chi connectivity index (χ3v) is 4.14. The van der Waals surface area contributed by atoms with Crippen LogP contribution < -0.4 is 20.9 Å². The summed E-state index contributed by atoms with van der Waals surface area (Å²) in [4.78, 5) is 42.0. The van der Waals surface area contributed by atoms with Crippen LogP contribution in [0.1, 0.15) is 5.69 Å². The molecule has 0 atom stereocenters. The molecule has 0 aliphatic rings. The SMILES string of the molecule is C=CCNC(=O)Cc1cc(=O)[nH]c(SCC(=O)Nc2ccc(OC(F)(F)F)cc2)n1. The van der Waals surface area contributed by atoms with E-state index in [1.165, 1.54) is 24.3 Å².